The standard InChI is InChI=1S/C16H14BrNO3/c1-10-5-6-13(14(17)7-10)15(19)18-9-11-3-2-4-12(8-11)16(20)21/h2-8H,9H2,1H3,(H,18,19)(H,20,21). The van der Waals surface area contributed by atoms with Crippen LogP contribution >= 0.6 is 15.9 Å². The van der Waals surface area contributed by atoms with Gasteiger partial charge in [-0.15, -0.1) is 0 Å². The van der Waals surface area contributed by atoms with Crippen molar-refractivity contribution in [1.82, 2.24) is 5.32 Å². The van der Waals surface area contributed by atoms with Gasteiger partial charge in [0.05, 0.1) is 11.1 Å². The number of carbonyl (C=O) groups excluding carboxylic acids is 1. The molecule has 5 heteroatoms. The Morgan fingerprint density at radius 3 is 2.62 bits per heavy atom. The SMILES string of the molecule is Cc1ccc(C(=O)NCc2cccc(C(=O)O)c2)c(Br)c1. The quantitative estimate of drug-likeness (QED) is 0.890. The summed E-state index contributed by atoms with van der Waals surface area (Å²) in [7, 11) is 0. The summed E-state index contributed by atoms with van der Waals surface area (Å²) in [5.74, 6) is -1.19. The molecule has 0 bridgehead atoms. The second kappa shape index (κ2) is 6.54. The van der Waals surface area contributed by atoms with Crippen LogP contribution in [0.4, 0.5) is 0 Å². The van der Waals surface area contributed by atoms with E-state index in [9.17, 15) is 9.59 Å². The third-order valence-corrected chi connectivity index (χ3v) is 3.65. The molecule has 0 aromatic heterocycles. The molecule has 108 valence electrons. The molecule has 21 heavy (non-hydrogen) atoms. The smallest absolute Gasteiger partial charge is 0.335 e. The molecule has 0 aliphatic heterocycles. The summed E-state index contributed by atoms with van der Waals surface area (Å²) >= 11 is 3.37. The molecule has 0 spiro atoms. The fraction of sp³-hybridized carbons (Fsp3) is 0.125. The third-order valence-electron chi connectivity index (χ3n) is 3.00. The zero-order valence-corrected chi connectivity index (χ0v) is 13.0. The van der Waals surface area contributed by atoms with Gasteiger partial charge in [-0.25, -0.2) is 4.79 Å². The second-order valence-electron chi connectivity index (χ2n) is 4.67. The third kappa shape index (κ3) is 3.92. The Kier molecular flexibility index (Phi) is 4.75. The molecule has 2 aromatic rings. The molecule has 0 atom stereocenters. The summed E-state index contributed by atoms with van der Waals surface area (Å²) in [6, 6.07) is 12.0. The minimum Gasteiger partial charge on any atom is -0.478 e. The number of carbonyl (C=O) groups is 2. The molecular weight excluding hydrogens is 334 g/mol. The first-order valence-corrected chi connectivity index (χ1v) is 7.13. The van der Waals surface area contributed by atoms with Gasteiger partial charge in [0.2, 0.25) is 0 Å². The summed E-state index contributed by atoms with van der Waals surface area (Å²) < 4.78 is 0.735. The molecule has 4 nitrogen and oxygen atoms in total. The first kappa shape index (κ1) is 15.3. The van der Waals surface area contributed by atoms with E-state index >= 15 is 0 Å². The van der Waals surface area contributed by atoms with E-state index in [1.807, 2.05) is 19.1 Å². The number of amides is 1. The van der Waals surface area contributed by atoms with E-state index < -0.39 is 5.97 Å². The molecule has 2 rings (SSSR count). The van der Waals surface area contributed by atoms with Crippen LogP contribution in [0.2, 0.25) is 0 Å². The highest BCUT2D eigenvalue weighted by atomic mass is 79.9. The van der Waals surface area contributed by atoms with Gasteiger partial charge < -0.3 is 10.4 Å². The van der Waals surface area contributed by atoms with Gasteiger partial charge in [0.25, 0.3) is 5.91 Å². The summed E-state index contributed by atoms with van der Waals surface area (Å²) in [6.07, 6.45) is 0. The van der Waals surface area contributed by atoms with Crippen LogP contribution in [0.25, 0.3) is 0 Å². The maximum atomic E-state index is 12.1. The van der Waals surface area contributed by atoms with E-state index in [4.69, 9.17) is 5.11 Å². The zero-order chi connectivity index (χ0) is 15.4. The molecule has 0 aliphatic rings. The number of aromatic carboxylic acids is 1. The van der Waals surface area contributed by atoms with Crippen molar-refractivity contribution < 1.29 is 14.7 Å². The van der Waals surface area contributed by atoms with Gasteiger partial charge in [-0.1, -0.05) is 18.2 Å². The number of benzene rings is 2. The van der Waals surface area contributed by atoms with Gasteiger partial charge in [0.15, 0.2) is 0 Å². The van der Waals surface area contributed by atoms with E-state index in [0.29, 0.717) is 5.56 Å². The number of aryl methyl sites for hydroxylation is 1. The first-order valence-electron chi connectivity index (χ1n) is 6.34. The van der Waals surface area contributed by atoms with E-state index in [1.165, 1.54) is 6.07 Å². The van der Waals surface area contributed by atoms with Crippen molar-refractivity contribution in [3.05, 3.63) is 69.2 Å². The zero-order valence-electron chi connectivity index (χ0n) is 11.4. The molecule has 0 aliphatic carbocycles. The van der Waals surface area contributed by atoms with E-state index in [-0.39, 0.29) is 18.0 Å². The maximum Gasteiger partial charge on any atom is 0.335 e. The Bertz CT molecular complexity index is 698. The number of halogens is 1. The van der Waals surface area contributed by atoms with Crippen LogP contribution in [0, 0.1) is 6.92 Å². The number of hydrogen-bond donors (Lipinski definition) is 2. The monoisotopic (exact) mass is 347 g/mol. The van der Waals surface area contributed by atoms with Crippen molar-refractivity contribution in [3.8, 4) is 0 Å². The summed E-state index contributed by atoms with van der Waals surface area (Å²) in [4.78, 5) is 23.0. The highest BCUT2D eigenvalue weighted by Crippen LogP contribution is 2.18. The molecule has 0 saturated heterocycles. The van der Waals surface area contributed by atoms with Gasteiger partial charge in [0, 0.05) is 11.0 Å². The van der Waals surface area contributed by atoms with Crippen LogP contribution < -0.4 is 5.32 Å². The number of hydrogen-bond acceptors (Lipinski definition) is 2. The lowest BCUT2D eigenvalue weighted by atomic mass is 10.1. The van der Waals surface area contributed by atoms with Gasteiger partial charge in [-0.3, -0.25) is 4.79 Å². The van der Waals surface area contributed by atoms with Crippen molar-refractivity contribution in [1.29, 1.82) is 0 Å². The normalized spacial score (nSPS) is 10.2. The average molecular weight is 348 g/mol. The van der Waals surface area contributed by atoms with Crippen molar-refractivity contribution in [2.75, 3.05) is 0 Å². The van der Waals surface area contributed by atoms with Crippen LogP contribution in [0.3, 0.4) is 0 Å². The molecule has 0 radical (unpaired) electrons. The van der Waals surface area contributed by atoms with E-state index in [1.54, 1.807) is 24.3 Å². The molecule has 1 amide bonds. The number of rotatable bonds is 4. The lowest BCUT2D eigenvalue weighted by molar-refractivity contribution is 0.0696. The molecule has 0 unspecified atom stereocenters. The minimum absolute atomic E-state index is 0.206. The van der Waals surface area contributed by atoms with Crippen molar-refractivity contribution in [3.63, 3.8) is 0 Å². The van der Waals surface area contributed by atoms with Crippen LogP contribution in [0.5, 0.6) is 0 Å². The van der Waals surface area contributed by atoms with Crippen molar-refractivity contribution in [2.24, 2.45) is 0 Å². The highest BCUT2D eigenvalue weighted by molar-refractivity contribution is 9.10. The fourth-order valence-corrected chi connectivity index (χ4v) is 2.57. The number of nitrogens with one attached hydrogen (secondary N) is 1. The number of carboxylic acids is 1. The van der Waals surface area contributed by atoms with Gasteiger partial charge >= 0.3 is 5.97 Å². The Labute approximate surface area is 130 Å². The topological polar surface area (TPSA) is 66.4 Å². The summed E-state index contributed by atoms with van der Waals surface area (Å²) in [5, 5.41) is 11.7. The number of carboxylic acid groups (broad SMARTS) is 1. The Balaban J connectivity index is 2.07. The van der Waals surface area contributed by atoms with Gasteiger partial charge in [0.1, 0.15) is 0 Å². The largest absolute Gasteiger partial charge is 0.478 e. The van der Waals surface area contributed by atoms with Crippen LogP contribution in [-0.4, -0.2) is 17.0 Å². The minimum atomic E-state index is -0.982. The van der Waals surface area contributed by atoms with Crippen LogP contribution in [0.15, 0.2) is 46.9 Å². The summed E-state index contributed by atoms with van der Waals surface area (Å²) in [5.41, 5.74) is 2.56. The lowest BCUT2D eigenvalue weighted by Crippen LogP contribution is -2.23. The molecular formula is C16H14BrNO3. The van der Waals surface area contributed by atoms with Crippen molar-refractivity contribution >= 4 is 27.8 Å². The molecule has 2 aromatic carbocycles. The van der Waals surface area contributed by atoms with Crippen LogP contribution in [-0.2, 0) is 6.54 Å². The second-order valence-corrected chi connectivity index (χ2v) is 5.53. The highest BCUT2D eigenvalue weighted by Gasteiger charge is 2.10. The van der Waals surface area contributed by atoms with Crippen LogP contribution in [0.1, 0.15) is 31.8 Å². The van der Waals surface area contributed by atoms with E-state index in [2.05, 4.69) is 21.2 Å². The van der Waals surface area contributed by atoms with Gasteiger partial charge in [-0.05, 0) is 58.2 Å². The molecule has 2 N–H and O–H groups in total. The van der Waals surface area contributed by atoms with Crippen molar-refractivity contribution in [2.45, 2.75) is 13.5 Å². The first-order chi connectivity index (χ1) is 9.97. The molecule has 0 fully saturated rings. The van der Waals surface area contributed by atoms with E-state index in [0.717, 1.165) is 15.6 Å². The Hall–Kier alpha value is -2.14. The van der Waals surface area contributed by atoms with Gasteiger partial charge in [-0.2, -0.15) is 0 Å². The Morgan fingerprint density at radius 1 is 1.19 bits per heavy atom. The average Bonchev–Trinajstić information content (AvgIpc) is 2.45. The fourth-order valence-electron chi connectivity index (χ4n) is 1.90. The summed E-state index contributed by atoms with van der Waals surface area (Å²) in [6.45, 7) is 2.23. The predicted octanol–water partition coefficient (Wildman–Crippen LogP) is 3.39. The maximum absolute atomic E-state index is 12.1. The molecule has 0 saturated carbocycles. The predicted molar refractivity (Wildman–Crippen MR) is 83.5 cm³/mol. The molecule has 0 heterocycles. The Morgan fingerprint density at radius 2 is 1.95 bits per heavy atom. The lowest BCUT2D eigenvalue weighted by Gasteiger charge is -2.08.